The van der Waals surface area contributed by atoms with Crippen molar-refractivity contribution in [3.05, 3.63) is 58.1 Å². The van der Waals surface area contributed by atoms with Crippen LogP contribution in [0.25, 0.3) is 0 Å². The first kappa shape index (κ1) is 17.6. The van der Waals surface area contributed by atoms with E-state index in [9.17, 15) is 4.79 Å². The Labute approximate surface area is 154 Å². The highest BCUT2D eigenvalue weighted by molar-refractivity contribution is 6.34. The third-order valence-electron chi connectivity index (χ3n) is 4.60. The second-order valence-corrected chi connectivity index (χ2v) is 7.09. The number of hydrogen-bond donors (Lipinski definition) is 1. The lowest BCUT2D eigenvalue weighted by Crippen LogP contribution is -2.50. The van der Waals surface area contributed by atoms with Gasteiger partial charge in [0.15, 0.2) is 0 Å². The number of nitrogens with one attached hydrogen (secondary N) is 1. The number of anilines is 2. The summed E-state index contributed by atoms with van der Waals surface area (Å²) in [6, 6.07) is 12.3. The van der Waals surface area contributed by atoms with Crippen LogP contribution >= 0.6 is 11.6 Å². The van der Waals surface area contributed by atoms with Gasteiger partial charge < -0.3 is 15.1 Å². The molecule has 2 aromatic carbocycles. The summed E-state index contributed by atoms with van der Waals surface area (Å²) in [6.07, 6.45) is 0. The lowest BCUT2D eigenvalue weighted by molar-refractivity contribution is 0.208. The van der Waals surface area contributed by atoms with E-state index in [0.717, 1.165) is 24.2 Å². The molecular weight excluding hydrogens is 334 g/mol. The van der Waals surface area contributed by atoms with E-state index in [2.05, 4.69) is 41.4 Å². The van der Waals surface area contributed by atoms with Crippen molar-refractivity contribution < 1.29 is 4.79 Å². The summed E-state index contributed by atoms with van der Waals surface area (Å²) in [5.74, 6) is 0. The Kier molecular flexibility index (Phi) is 5.19. The molecule has 0 unspecified atom stereocenters. The van der Waals surface area contributed by atoms with E-state index < -0.39 is 0 Å². The zero-order valence-electron chi connectivity index (χ0n) is 15.0. The zero-order valence-corrected chi connectivity index (χ0v) is 15.7. The molecule has 3 rings (SSSR count). The van der Waals surface area contributed by atoms with Gasteiger partial charge in [-0.05, 0) is 55.7 Å². The van der Waals surface area contributed by atoms with E-state index >= 15 is 0 Å². The third-order valence-corrected chi connectivity index (χ3v) is 4.90. The molecule has 1 aliphatic heterocycles. The van der Waals surface area contributed by atoms with Crippen molar-refractivity contribution in [3.63, 3.8) is 0 Å². The minimum Gasteiger partial charge on any atom is -0.368 e. The van der Waals surface area contributed by atoms with E-state index in [1.165, 1.54) is 11.3 Å². The van der Waals surface area contributed by atoms with Crippen LogP contribution in [0.2, 0.25) is 5.02 Å². The molecule has 4 nitrogen and oxygen atoms in total. The number of nitrogens with zero attached hydrogens (tertiary/aromatic N) is 2. The molecule has 0 atom stereocenters. The summed E-state index contributed by atoms with van der Waals surface area (Å²) < 4.78 is 0. The Hall–Kier alpha value is -2.20. The molecule has 132 valence electrons. The molecular formula is C20H24ClN3O. The highest BCUT2D eigenvalue weighted by atomic mass is 35.5. The summed E-state index contributed by atoms with van der Waals surface area (Å²) in [5, 5.41) is 3.56. The normalized spacial score (nSPS) is 14.6. The third kappa shape index (κ3) is 4.07. The van der Waals surface area contributed by atoms with Crippen molar-refractivity contribution in [3.8, 4) is 0 Å². The number of halogens is 1. The molecule has 0 saturated carbocycles. The molecule has 25 heavy (non-hydrogen) atoms. The first-order valence-corrected chi connectivity index (χ1v) is 8.96. The van der Waals surface area contributed by atoms with Gasteiger partial charge >= 0.3 is 6.03 Å². The Morgan fingerprint density at radius 2 is 1.72 bits per heavy atom. The van der Waals surface area contributed by atoms with Crippen LogP contribution in [0.15, 0.2) is 36.4 Å². The van der Waals surface area contributed by atoms with Gasteiger partial charge in [0.2, 0.25) is 0 Å². The SMILES string of the molecule is Cc1cccc(N2CCN(C(=O)Nc3c(C)cc(C)cc3Cl)CC2)c1. The Balaban J connectivity index is 1.62. The lowest BCUT2D eigenvalue weighted by atomic mass is 10.1. The average Bonchev–Trinajstić information content (AvgIpc) is 2.58. The molecule has 0 aliphatic carbocycles. The standard InChI is InChI=1S/C20H24ClN3O/c1-14-5-4-6-17(12-14)23-7-9-24(10-8-23)20(25)22-19-16(3)11-15(2)13-18(19)21/h4-6,11-13H,7-10H2,1-3H3,(H,22,25). The molecule has 1 saturated heterocycles. The molecule has 1 heterocycles. The molecule has 1 N–H and O–H groups in total. The number of rotatable bonds is 2. The van der Waals surface area contributed by atoms with Crippen molar-refractivity contribution >= 4 is 29.0 Å². The molecule has 1 aliphatic rings. The van der Waals surface area contributed by atoms with Gasteiger partial charge in [0, 0.05) is 31.9 Å². The highest BCUT2D eigenvalue weighted by Crippen LogP contribution is 2.28. The smallest absolute Gasteiger partial charge is 0.322 e. The van der Waals surface area contributed by atoms with Crippen molar-refractivity contribution in [2.45, 2.75) is 20.8 Å². The van der Waals surface area contributed by atoms with E-state index in [4.69, 9.17) is 11.6 Å². The molecule has 1 fully saturated rings. The lowest BCUT2D eigenvalue weighted by Gasteiger charge is -2.36. The van der Waals surface area contributed by atoms with Gasteiger partial charge in [0.05, 0.1) is 10.7 Å². The second-order valence-electron chi connectivity index (χ2n) is 6.68. The summed E-state index contributed by atoms with van der Waals surface area (Å²) >= 11 is 6.29. The van der Waals surface area contributed by atoms with E-state index in [-0.39, 0.29) is 6.03 Å². The minimum atomic E-state index is -0.0854. The van der Waals surface area contributed by atoms with E-state index in [0.29, 0.717) is 23.8 Å². The van der Waals surface area contributed by atoms with Crippen LogP contribution in [0.3, 0.4) is 0 Å². The fourth-order valence-corrected chi connectivity index (χ4v) is 3.62. The minimum absolute atomic E-state index is 0.0854. The highest BCUT2D eigenvalue weighted by Gasteiger charge is 2.22. The first-order valence-electron chi connectivity index (χ1n) is 8.58. The molecule has 5 heteroatoms. The van der Waals surface area contributed by atoms with Crippen molar-refractivity contribution in [1.29, 1.82) is 0 Å². The quantitative estimate of drug-likeness (QED) is 0.851. The Morgan fingerprint density at radius 3 is 2.36 bits per heavy atom. The summed E-state index contributed by atoms with van der Waals surface area (Å²) in [6.45, 7) is 9.11. The number of amides is 2. The van der Waals surface area contributed by atoms with Crippen LogP contribution in [-0.4, -0.2) is 37.1 Å². The second kappa shape index (κ2) is 7.36. The number of carbonyl (C=O) groups excluding carboxylic acids is 1. The number of aryl methyl sites for hydroxylation is 3. The average molecular weight is 358 g/mol. The van der Waals surface area contributed by atoms with Crippen LogP contribution in [-0.2, 0) is 0 Å². The van der Waals surface area contributed by atoms with Crippen molar-refractivity contribution in [1.82, 2.24) is 4.90 Å². The molecule has 0 aromatic heterocycles. The zero-order chi connectivity index (χ0) is 18.0. The maximum absolute atomic E-state index is 12.6. The van der Waals surface area contributed by atoms with Gasteiger partial charge in [0.25, 0.3) is 0 Å². The summed E-state index contributed by atoms with van der Waals surface area (Å²) in [5.41, 5.74) is 5.25. The maximum atomic E-state index is 12.6. The van der Waals surface area contributed by atoms with Crippen LogP contribution in [0.5, 0.6) is 0 Å². The summed E-state index contributed by atoms with van der Waals surface area (Å²) in [7, 11) is 0. The predicted octanol–water partition coefficient (Wildman–Crippen LogP) is 4.62. The van der Waals surface area contributed by atoms with Gasteiger partial charge in [0.1, 0.15) is 0 Å². The van der Waals surface area contributed by atoms with Gasteiger partial charge in [-0.15, -0.1) is 0 Å². The molecule has 0 bridgehead atoms. The van der Waals surface area contributed by atoms with Gasteiger partial charge in [-0.2, -0.15) is 0 Å². The van der Waals surface area contributed by atoms with Crippen LogP contribution in [0.1, 0.15) is 16.7 Å². The van der Waals surface area contributed by atoms with Crippen molar-refractivity contribution in [2.75, 3.05) is 36.4 Å². The Bertz CT molecular complexity index is 759. The number of benzene rings is 2. The molecule has 2 amide bonds. The largest absolute Gasteiger partial charge is 0.368 e. The van der Waals surface area contributed by atoms with Crippen molar-refractivity contribution in [2.24, 2.45) is 0 Å². The fraction of sp³-hybridized carbons (Fsp3) is 0.350. The summed E-state index contributed by atoms with van der Waals surface area (Å²) in [4.78, 5) is 16.8. The van der Waals surface area contributed by atoms with Crippen LogP contribution in [0, 0.1) is 20.8 Å². The number of piperazine rings is 1. The molecule has 0 radical (unpaired) electrons. The topological polar surface area (TPSA) is 35.6 Å². The Morgan fingerprint density at radius 1 is 1.00 bits per heavy atom. The maximum Gasteiger partial charge on any atom is 0.322 e. The van der Waals surface area contributed by atoms with Crippen LogP contribution < -0.4 is 10.2 Å². The predicted molar refractivity (Wildman–Crippen MR) is 105 cm³/mol. The fourth-order valence-electron chi connectivity index (χ4n) is 3.25. The molecule has 0 spiro atoms. The van der Waals surface area contributed by atoms with Crippen LogP contribution in [0.4, 0.5) is 16.2 Å². The van der Waals surface area contributed by atoms with Gasteiger partial charge in [-0.25, -0.2) is 4.79 Å². The van der Waals surface area contributed by atoms with Gasteiger partial charge in [-0.1, -0.05) is 29.8 Å². The van der Waals surface area contributed by atoms with Gasteiger partial charge in [-0.3, -0.25) is 0 Å². The number of urea groups is 1. The number of hydrogen-bond acceptors (Lipinski definition) is 2. The van der Waals surface area contributed by atoms with E-state index in [1.54, 1.807) is 0 Å². The van der Waals surface area contributed by atoms with E-state index in [1.807, 2.05) is 30.9 Å². The molecule has 2 aromatic rings. The first-order chi connectivity index (χ1) is 11.9. The number of carbonyl (C=O) groups is 1. The monoisotopic (exact) mass is 357 g/mol.